The van der Waals surface area contributed by atoms with Crippen LogP contribution in [0.4, 0.5) is 0 Å². The Balaban J connectivity index is 2.29. The third-order valence-electron chi connectivity index (χ3n) is 4.15. The largest absolute Gasteiger partial charge is 0.369 e. The van der Waals surface area contributed by atoms with E-state index < -0.39 is 5.41 Å². The van der Waals surface area contributed by atoms with Crippen LogP contribution in [0.5, 0.6) is 0 Å². The first kappa shape index (κ1) is 13.6. The molecule has 2 aliphatic rings. The lowest BCUT2D eigenvalue weighted by molar-refractivity contribution is -0.143. The standard InChI is InChI=1S/C15H20N2O2/c1-3-7-17(8-4-2)14(19)15-6-5-11(10-15)9-12(15)13(16)18/h3-6,11-12H,1-2,7-10H2,(H2,16,18). The van der Waals surface area contributed by atoms with Gasteiger partial charge < -0.3 is 10.6 Å². The van der Waals surface area contributed by atoms with Crippen molar-refractivity contribution in [1.29, 1.82) is 0 Å². The summed E-state index contributed by atoms with van der Waals surface area (Å²) in [4.78, 5) is 26.1. The molecule has 0 saturated heterocycles. The molecule has 0 aromatic carbocycles. The Morgan fingerprint density at radius 3 is 2.47 bits per heavy atom. The maximum atomic E-state index is 12.8. The molecular formula is C15H20N2O2. The Morgan fingerprint density at radius 2 is 2.00 bits per heavy atom. The van der Waals surface area contributed by atoms with Gasteiger partial charge in [-0.15, -0.1) is 13.2 Å². The monoisotopic (exact) mass is 260 g/mol. The van der Waals surface area contributed by atoms with E-state index in [1.165, 1.54) is 0 Å². The quantitative estimate of drug-likeness (QED) is 0.731. The molecule has 2 amide bonds. The summed E-state index contributed by atoms with van der Waals surface area (Å²) in [6, 6.07) is 0. The summed E-state index contributed by atoms with van der Waals surface area (Å²) in [7, 11) is 0. The Morgan fingerprint density at radius 1 is 1.37 bits per heavy atom. The van der Waals surface area contributed by atoms with Crippen LogP contribution in [0.15, 0.2) is 37.5 Å². The molecule has 1 saturated carbocycles. The summed E-state index contributed by atoms with van der Waals surface area (Å²) < 4.78 is 0. The van der Waals surface area contributed by atoms with E-state index in [-0.39, 0.29) is 17.7 Å². The Kier molecular flexibility index (Phi) is 3.60. The van der Waals surface area contributed by atoms with Crippen LogP contribution in [-0.2, 0) is 9.59 Å². The fourth-order valence-electron chi connectivity index (χ4n) is 3.34. The van der Waals surface area contributed by atoms with E-state index in [2.05, 4.69) is 13.2 Å². The number of carbonyl (C=O) groups is 2. The number of hydrogen-bond acceptors (Lipinski definition) is 2. The van der Waals surface area contributed by atoms with Crippen LogP contribution < -0.4 is 5.73 Å². The zero-order chi connectivity index (χ0) is 14.0. The van der Waals surface area contributed by atoms with Gasteiger partial charge in [0, 0.05) is 13.1 Å². The SMILES string of the molecule is C=CCN(CC=C)C(=O)C12C=CC(CC1C(N)=O)C2. The second-order valence-corrected chi connectivity index (χ2v) is 5.34. The molecule has 2 bridgehead atoms. The number of rotatable bonds is 6. The molecule has 2 rings (SSSR count). The van der Waals surface area contributed by atoms with Crippen LogP contribution in [0.25, 0.3) is 0 Å². The molecule has 0 aromatic heterocycles. The fraction of sp³-hybridized carbons (Fsp3) is 0.467. The zero-order valence-corrected chi connectivity index (χ0v) is 11.0. The minimum Gasteiger partial charge on any atom is -0.369 e. The lowest BCUT2D eigenvalue weighted by Crippen LogP contribution is -2.48. The van der Waals surface area contributed by atoms with Gasteiger partial charge in [0.05, 0.1) is 11.3 Å². The molecule has 0 radical (unpaired) electrons. The van der Waals surface area contributed by atoms with Gasteiger partial charge in [-0.2, -0.15) is 0 Å². The first-order valence-corrected chi connectivity index (χ1v) is 6.55. The highest BCUT2D eigenvalue weighted by atomic mass is 16.2. The number of primary amides is 1. The van der Waals surface area contributed by atoms with Gasteiger partial charge in [0.25, 0.3) is 0 Å². The lowest BCUT2D eigenvalue weighted by atomic mass is 9.76. The summed E-state index contributed by atoms with van der Waals surface area (Å²) in [6.45, 7) is 8.24. The number of fused-ring (bicyclic) bond motifs is 2. The smallest absolute Gasteiger partial charge is 0.234 e. The van der Waals surface area contributed by atoms with Crippen molar-refractivity contribution >= 4 is 11.8 Å². The summed E-state index contributed by atoms with van der Waals surface area (Å²) in [5.41, 5.74) is 4.74. The van der Waals surface area contributed by atoms with Crippen LogP contribution in [0.2, 0.25) is 0 Å². The second-order valence-electron chi connectivity index (χ2n) is 5.34. The maximum absolute atomic E-state index is 12.8. The lowest BCUT2D eigenvalue weighted by Gasteiger charge is -2.34. The number of hydrogen-bond donors (Lipinski definition) is 1. The maximum Gasteiger partial charge on any atom is 0.234 e. The normalized spacial score (nSPS) is 31.2. The minimum absolute atomic E-state index is 0.0349. The first-order valence-electron chi connectivity index (χ1n) is 6.55. The number of nitrogens with two attached hydrogens (primary N) is 1. The van der Waals surface area contributed by atoms with Gasteiger partial charge in [0.15, 0.2) is 0 Å². The average Bonchev–Trinajstić information content (AvgIpc) is 2.96. The highest BCUT2D eigenvalue weighted by molar-refractivity contribution is 5.93. The molecule has 4 nitrogen and oxygen atoms in total. The van der Waals surface area contributed by atoms with E-state index in [4.69, 9.17) is 5.73 Å². The van der Waals surface area contributed by atoms with Crippen molar-refractivity contribution in [1.82, 2.24) is 4.90 Å². The van der Waals surface area contributed by atoms with Crippen LogP contribution in [-0.4, -0.2) is 29.8 Å². The second kappa shape index (κ2) is 5.03. The van der Waals surface area contributed by atoms with Crippen molar-refractivity contribution in [3.05, 3.63) is 37.5 Å². The molecular weight excluding hydrogens is 240 g/mol. The highest BCUT2D eigenvalue weighted by Crippen LogP contribution is 2.54. The first-order chi connectivity index (χ1) is 9.05. The third kappa shape index (κ3) is 2.11. The van der Waals surface area contributed by atoms with Crippen molar-refractivity contribution in [2.24, 2.45) is 23.0 Å². The minimum atomic E-state index is -0.734. The summed E-state index contributed by atoms with van der Waals surface area (Å²) in [5.74, 6) is -0.493. The van der Waals surface area contributed by atoms with Crippen LogP contribution in [0, 0.1) is 17.3 Å². The molecule has 102 valence electrons. The van der Waals surface area contributed by atoms with Crippen molar-refractivity contribution < 1.29 is 9.59 Å². The molecule has 0 aromatic rings. The van der Waals surface area contributed by atoms with Gasteiger partial charge in [0.2, 0.25) is 11.8 Å². The molecule has 0 aliphatic heterocycles. The third-order valence-corrected chi connectivity index (χ3v) is 4.15. The van der Waals surface area contributed by atoms with E-state index in [1.807, 2.05) is 12.2 Å². The van der Waals surface area contributed by atoms with Gasteiger partial charge in [-0.3, -0.25) is 9.59 Å². The molecule has 1 fully saturated rings. The molecule has 19 heavy (non-hydrogen) atoms. The molecule has 4 heteroatoms. The number of allylic oxidation sites excluding steroid dienone is 1. The van der Waals surface area contributed by atoms with Gasteiger partial charge in [-0.1, -0.05) is 24.3 Å². The Hall–Kier alpha value is -1.84. The topological polar surface area (TPSA) is 63.4 Å². The molecule has 2 N–H and O–H groups in total. The van der Waals surface area contributed by atoms with Gasteiger partial charge >= 0.3 is 0 Å². The Labute approximate surface area is 113 Å². The summed E-state index contributed by atoms with van der Waals surface area (Å²) in [6.07, 6.45) is 8.68. The number of amides is 2. The van der Waals surface area contributed by atoms with E-state index in [1.54, 1.807) is 17.1 Å². The van der Waals surface area contributed by atoms with Crippen molar-refractivity contribution in [3.8, 4) is 0 Å². The Bertz CT molecular complexity index is 445. The van der Waals surface area contributed by atoms with Crippen LogP contribution in [0.1, 0.15) is 12.8 Å². The van der Waals surface area contributed by atoms with E-state index in [0.717, 1.165) is 0 Å². The van der Waals surface area contributed by atoms with Crippen LogP contribution in [0.3, 0.4) is 0 Å². The van der Waals surface area contributed by atoms with Crippen LogP contribution >= 0.6 is 0 Å². The highest BCUT2D eigenvalue weighted by Gasteiger charge is 2.56. The average molecular weight is 260 g/mol. The van der Waals surface area contributed by atoms with E-state index in [0.29, 0.717) is 31.8 Å². The molecule has 3 atom stereocenters. The summed E-state index contributed by atoms with van der Waals surface area (Å²) >= 11 is 0. The molecule has 0 heterocycles. The van der Waals surface area contributed by atoms with Crippen molar-refractivity contribution in [3.63, 3.8) is 0 Å². The number of carbonyl (C=O) groups excluding carboxylic acids is 2. The van der Waals surface area contributed by atoms with E-state index in [9.17, 15) is 9.59 Å². The zero-order valence-electron chi connectivity index (χ0n) is 11.0. The molecule has 0 spiro atoms. The predicted octanol–water partition coefficient (Wildman–Crippen LogP) is 1.25. The van der Waals surface area contributed by atoms with E-state index >= 15 is 0 Å². The van der Waals surface area contributed by atoms with Gasteiger partial charge in [0.1, 0.15) is 0 Å². The molecule has 3 unspecified atom stereocenters. The van der Waals surface area contributed by atoms with Gasteiger partial charge in [-0.25, -0.2) is 0 Å². The van der Waals surface area contributed by atoms with Crippen molar-refractivity contribution in [2.45, 2.75) is 12.8 Å². The van der Waals surface area contributed by atoms with Crippen molar-refractivity contribution in [2.75, 3.05) is 13.1 Å². The number of nitrogens with zero attached hydrogens (tertiary/aromatic N) is 1. The predicted molar refractivity (Wildman–Crippen MR) is 74.0 cm³/mol. The fourth-order valence-corrected chi connectivity index (χ4v) is 3.34. The molecule has 2 aliphatic carbocycles. The van der Waals surface area contributed by atoms with Gasteiger partial charge in [-0.05, 0) is 18.8 Å². The summed E-state index contributed by atoms with van der Waals surface area (Å²) in [5, 5.41) is 0.